The first-order valence-electron chi connectivity index (χ1n) is 6.52. The molecule has 0 amide bonds. The molecule has 2 aromatic carbocycles. The molecular formula is C16H16ClFINO. The number of nitrogen functional groups attached to an aromatic ring is 1. The number of aryl methyl sites for hydroxylation is 1. The predicted octanol–water partition coefficient (Wildman–Crippen LogP) is 5.89. The van der Waals surface area contributed by atoms with Gasteiger partial charge in [0.1, 0.15) is 11.6 Å². The molecule has 0 aromatic heterocycles. The summed E-state index contributed by atoms with van der Waals surface area (Å²) >= 11 is 8.13. The highest BCUT2D eigenvalue weighted by Crippen LogP contribution is 2.36. The van der Waals surface area contributed by atoms with Gasteiger partial charge in [-0.3, -0.25) is 0 Å². The van der Waals surface area contributed by atoms with Crippen LogP contribution in [0.4, 0.5) is 10.1 Å². The van der Waals surface area contributed by atoms with E-state index in [0.717, 1.165) is 11.1 Å². The maximum Gasteiger partial charge on any atom is 0.153 e. The zero-order valence-corrected chi connectivity index (χ0v) is 14.9. The fourth-order valence-corrected chi connectivity index (χ4v) is 2.90. The maximum atomic E-state index is 13.7. The van der Waals surface area contributed by atoms with Gasteiger partial charge in [-0.05, 0) is 64.8 Å². The Kier molecular flexibility index (Phi) is 4.99. The maximum absolute atomic E-state index is 13.7. The van der Waals surface area contributed by atoms with Crippen molar-refractivity contribution in [2.75, 3.05) is 5.73 Å². The molecule has 2 rings (SSSR count). The first-order valence-corrected chi connectivity index (χ1v) is 7.97. The molecule has 0 atom stereocenters. The molecule has 21 heavy (non-hydrogen) atoms. The van der Waals surface area contributed by atoms with Crippen LogP contribution in [0, 0.1) is 16.3 Å². The van der Waals surface area contributed by atoms with Crippen molar-refractivity contribution in [1.82, 2.24) is 0 Å². The highest BCUT2D eigenvalue weighted by molar-refractivity contribution is 14.1. The predicted molar refractivity (Wildman–Crippen MR) is 93.9 cm³/mol. The van der Waals surface area contributed by atoms with Crippen molar-refractivity contribution in [3.63, 3.8) is 0 Å². The molecule has 0 unspecified atom stereocenters. The van der Waals surface area contributed by atoms with Gasteiger partial charge in [0.25, 0.3) is 0 Å². The number of halogens is 3. The Bertz CT molecular complexity index is 688. The lowest BCUT2D eigenvalue weighted by atomic mass is 10.0. The van der Waals surface area contributed by atoms with Crippen molar-refractivity contribution in [2.45, 2.75) is 26.7 Å². The van der Waals surface area contributed by atoms with E-state index in [0.29, 0.717) is 25.8 Å². The molecule has 0 heterocycles. The van der Waals surface area contributed by atoms with Crippen LogP contribution >= 0.6 is 34.2 Å². The molecule has 0 aliphatic heterocycles. The standard InChI is InChI=1S/C16H16ClFINO/c1-8(2)10-5-15(9(3)4-11(10)17)21-16-6-12(18)13(19)7-14(16)20/h4-8H,20H2,1-3H3. The molecule has 0 aliphatic carbocycles. The summed E-state index contributed by atoms with van der Waals surface area (Å²) < 4.78 is 19.9. The van der Waals surface area contributed by atoms with E-state index in [1.165, 1.54) is 6.07 Å². The molecule has 112 valence electrons. The summed E-state index contributed by atoms with van der Waals surface area (Å²) in [5.41, 5.74) is 8.16. The second-order valence-corrected chi connectivity index (χ2v) is 6.77. The Labute approximate surface area is 142 Å². The normalized spacial score (nSPS) is 11.0. The van der Waals surface area contributed by atoms with Crippen molar-refractivity contribution in [3.05, 3.63) is 49.8 Å². The lowest BCUT2D eigenvalue weighted by molar-refractivity contribution is 0.474. The lowest BCUT2D eigenvalue weighted by Gasteiger charge is -2.15. The summed E-state index contributed by atoms with van der Waals surface area (Å²) in [6.07, 6.45) is 0. The van der Waals surface area contributed by atoms with Crippen molar-refractivity contribution < 1.29 is 9.13 Å². The third-order valence-electron chi connectivity index (χ3n) is 3.19. The van der Waals surface area contributed by atoms with E-state index in [9.17, 15) is 4.39 Å². The third-order valence-corrected chi connectivity index (χ3v) is 4.34. The van der Waals surface area contributed by atoms with E-state index in [2.05, 4.69) is 13.8 Å². The van der Waals surface area contributed by atoms with Gasteiger partial charge in [-0.25, -0.2) is 4.39 Å². The molecule has 0 radical (unpaired) electrons. The smallest absolute Gasteiger partial charge is 0.153 e. The van der Waals surface area contributed by atoms with Crippen LogP contribution in [0.3, 0.4) is 0 Å². The van der Waals surface area contributed by atoms with Crippen LogP contribution in [0.1, 0.15) is 30.9 Å². The summed E-state index contributed by atoms with van der Waals surface area (Å²) in [4.78, 5) is 0. The molecular weight excluding hydrogens is 404 g/mol. The number of rotatable bonds is 3. The van der Waals surface area contributed by atoms with Crippen LogP contribution in [-0.2, 0) is 0 Å². The van der Waals surface area contributed by atoms with Gasteiger partial charge in [-0.1, -0.05) is 25.4 Å². The van der Waals surface area contributed by atoms with Gasteiger partial charge in [0.2, 0.25) is 0 Å². The second kappa shape index (κ2) is 6.40. The van der Waals surface area contributed by atoms with E-state index in [1.54, 1.807) is 6.07 Å². The monoisotopic (exact) mass is 419 g/mol. The van der Waals surface area contributed by atoms with Gasteiger partial charge in [0, 0.05) is 11.1 Å². The fraction of sp³-hybridized carbons (Fsp3) is 0.250. The van der Waals surface area contributed by atoms with Crippen molar-refractivity contribution in [2.24, 2.45) is 0 Å². The summed E-state index contributed by atoms with van der Waals surface area (Å²) in [5, 5.41) is 0.705. The Morgan fingerprint density at radius 3 is 2.48 bits per heavy atom. The minimum atomic E-state index is -0.351. The van der Waals surface area contributed by atoms with Crippen LogP contribution in [0.25, 0.3) is 0 Å². The summed E-state index contributed by atoms with van der Waals surface area (Å²) in [6, 6.07) is 6.60. The zero-order valence-electron chi connectivity index (χ0n) is 12.0. The fourth-order valence-electron chi connectivity index (χ4n) is 1.97. The molecule has 0 aliphatic rings. The third kappa shape index (κ3) is 3.61. The van der Waals surface area contributed by atoms with Crippen molar-refractivity contribution in [3.8, 4) is 11.5 Å². The summed E-state index contributed by atoms with van der Waals surface area (Å²) in [6.45, 7) is 6.00. The van der Waals surface area contributed by atoms with Crippen LogP contribution < -0.4 is 10.5 Å². The SMILES string of the molecule is Cc1cc(Cl)c(C(C)C)cc1Oc1cc(F)c(I)cc1N. The van der Waals surface area contributed by atoms with Crippen molar-refractivity contribution in [1.29, 1.82) is 0 Å². The van der Waals surface area contributed by atoms with E-state index >= 15 is 0 Å². The topological polar surface area (TPSA) is 35.2 Å². The zero-order chi connectivity index (χ0) is 15.7. The number of hydrogen-bond donors (Lipinski definition) is 1. The highest BCUT2D eigenvalue weighted by Gasteiger charge is 2.13. The Morgan fingerprint density at radius 1 is 1.19 bits per heavy atom. The van der Waals surface area contributed by atoms with Crippen molar-refractivity contribution >= 4 is 39.9 Å². The molecule has 2 nitrogen and oxygen atoms in total. The van der Waals surface area contributed by atoms with Crippen LogP contribution in [0.2, 0.25) is 5.02 Å². The van der Waals surface area contributed by atoms with Gasteiger partial charge >= 0.3 is 0 Å². The minimum Gasteiger partial charge on any atom is -0.455 e. The lowest BCUT2D eigenvalue weighted by Crippen LogP contribution is -1.98. The molecule has 2 aromatic rings. The number of hydrogen-bond acceptors (Lipinski definition) is 2. The molecule has 2 N–H and O–H groups in total. The average molecular weight is 420 g/mol. The van der Waals surface area contributed by atoms with E-state index < -0.39 is 0 Å². The highest BCUT2D eigenvalue weighted by atomic mass is 127. The summed E-state index contributed by atoms with van der Waals surface area (Å²) in [5.74, 6) is 0.866. The second-order valence-electron chi connectivity index (χ2n) is 5.20. The molecule has 0 spiro atoms. The van der Waals surface area contributed by atoms with Gasteiger partial charge in [0.15, 0.2) is 5.75 Å². The van der Waals surface area contributed by atoms with E-state index in [-0.39, 0.29) is 11.7 Å². The number of benzene rings is 2. The van der Waals surface area contributed by atoms with Gasteiger partial charge in [-0.2, -0.15) is 0 Å². The Balaban J connectivity index is 2.44. The molecule has 5 heteroatoms. The molecule has 0 saturated heterocycles. The molecule has 0 fully saturated rings. The van der Waals surface area contributed by atoms with Gasteiger partial charge in [-0.15, -0.1) is 0 Å². The minimum absolute atomic E-state index is 0.270. The average Bonchev–Trinajstić information content (AvgIpc) is 2.38. The van der Waals surface area contributed by atoms with Gasteiger partial charge in [0.05, 0.1) is 9.26 Å². The van der Waals surface area contributed by atoms with Crippen LogP contribution in [0.5, 0.6) is 11.5 Å². The van der Waals surface area contributed by atoms with E-state index in [1.807, 2.05) is 41.6 Å². The Morgan fingerprint density at radius 2 is 1.86 bits per heavy atom. The first kappa shape index (κ1) is 16.4. The van der Waals surface area contributed by atoms with E-state index in [4.69, 9.17) is 22.1 Å². The van der Waals surface area contributed by atoms with Crippen LogP contribution in [-0.4, -0.2) is 0 Å². The number of anilines is 1. The summed E-state index contributed by atoms with van der Waals surface area (Å²) in [7, 11) is 0. The quantitative estimate of drug-likeness (QED) is 0.497. The van der Waals surface area contributed by atoms with Gasteiger partial charge < -0.3 is 10.5 Å². The number of ether oxygens (including phenoxy) is 1. The van der Waals surface area contributed by atoms with Crippen LogP contribution in [0.15, 0.2) is 24.3 Å². The number of nitrogens with two attached hydrogens (primary N) is 1. The largest absolute Gasteiger partial charge is 0.455 e. The molecule has 0 bridgehead atoms. The first-order chi connectivity index (χ1) is 9.79. The Hall–Kier alpha value is -1.01. The molecule has 0 saturated carbocycles.